The van der Waals surface area contributed by atoms with Crippen LogP contribution in [-0.4, -0.2) is 37.2 Å². The van der Waals surface area contributed by atoms with Crippen molar-refractivity contribution in [3.8, 4) is 0 Å². The van der Waals surface area contributed by atoms with E-state index in [9.17, 15) is 26.8 Å². The standard InChI is InChI=1S/C12H13F2NO5S/c1-7(16)15-11(12(17)18)6-21(19,20)5-8-4-9(13)2-3-10(8)14/h2-4,11H,5-6H2,1H3,(H,15,16)(H,17,18). The van der Waals surface area contributed by atoms with E-state index in [0.717, 1.165) is 25.1 Å². The van der Waals surface area contributed by atoms with Crippen LogP contribution in [0.5, 0.6) is 0 Å². The van der Waals surface area contributed by atoms with Crippen molar-refractivity contribution in [1.82, 2.24) is 5.32 Å². The van der Waals surface area contributed by atoms with E-state index in [2.05, 4.69) is 0 Å². The van der Waals surface area contributed by atoms with E-state index in [0.29, 0.717) is 0 Å². The lowest BCUT2D eigenvalue weighted by atomic mass is 10.2. The van der Waals surface area contributed by atoms with Crippen LogP contribution in [0.1, 0.15) is 12.5 Å². The summed E-state index contributed by atoms with van der Waals surface area (Å²) in [6.45, 7) is 1.04. The Hall–Kier alpha value is -2.03. The fourth-order valence-electron chi connectivity index (χ4n) is 1.62. The summed E-state index contributed by atoms with van der Waals surface area (Å²) in [5.41, 5.74) is -0.401. The zero-order valence-electron chi connectivity index (χ0n) is 11.0. The second-order valence-corrected chi connectivity index (χ2v) is 6.49. The van der Waals surface area contributed by atoms with Gasteiger partial charge in [-0.25, -0.2) is 22.0 Å². The monoisotopic (exact) mass is 321 g/mol. The second-order valence-electron chi connectivity index (χ2n) is 4.38. The first-order valence-corrected chi connectivity index (χ1v) is 7.57. The Morgan fingerprint density at radius 3 is 2.48 bits per heavy atom. The van der Waals surface area contributed by atoms with Gasteiger partial charge in [-0.2, -0.15) is 0 Å². The summed E-state index contributed by atoms with van der Waals surface area (Å²) in [4.78, 5) is 21.7. The molecular formula is C12H13F2NO5S. The van der Waals surface area contributed by atoms with E-state index in [4.69, 9.17) is 5.11 Å². The van der Waals surface area contributed by atoms with Crippen molar-refractivity contribution >= 4 is 21.7 Å². The van der Waals surface area contributed by atoms with Gasteiger partial charge in [-0.15, -0.1) is 0 Å². The van der Waals surface area contributed by atoms with Gasteiger partial charge in [-0.05, 0) is 18.2 Å². The van der Waals surface area contributed by atoms with E-state index in [1.807, 2.05) is 5.32 Å². The average molecular weight is 321 g/mol. The third-order valence-electron chi connectivity index (χ3n) is 2.48. The molecule has 0 bridgehead atoms. The molecule has 0 fully saturated rings. The van der Waals surface area contributed by atoms with Crippen molar-refractivity contribution < 1.29 is 31.9 Å². The van der Waals surface area contributed by atoms with E-state index < -0.39 is 56.5 Å². The molecule has 9 heteroatoms. The second kappa shape index (κ2) is 6.61. The quantitative estimate of drug-likeness (QED) is 0.793. The maximum Gasteiger partial charge on any atom is 0.327 e. The molecule has 2 N–H and O–H groups in total. The van der Waals surface area contributed by atoms with Gasteiger partial charge in [0.05, 0.1) is 11.5 Å². The number of carboxylic acid groups (broad SMARTS) is 1. The number of benzene rings is 1. The Bertz CT molecular complexity index is 660. The lowest BCUT2D eigenvalue weighted by Crippen LogP contribution is -2.44. The molecule has 0 saturated carbocycles. The molecule has 1 aromatic rings. The lowest BCUT2D eigenvalue weighted by Gasteiger charge is -2.13. The van der Waals surface area contributed by atoms with Crippen LogP contribution in [0.2, 0.25) is 0 Å². The SMILES string of the molecule is CC(=O)NC(CS(=O)(=O)Cc1cc(F)ccc1F)C(=O)O. The van der Waals surface area contributed by atoms with Gasteiger partial charge in [0.1, 0.15) is 17.7 Å². The summed E-state index contributed by atoms with van der Waals surface area (Å²) in [5.74, 6) is -5.75. The smallest absolute Gasteiger partial charge is 0.327 e. The number of rotatable bonds is 6. The molecule has 21 heavy (non-hydrogen) atoms. The Labute approximate surface area is 119 Å². The number of halogens is 2. The highest BCUT2D eigenvalue weighted by atomic mass is 32.2. The molecule has 1 unspecified atom stereocenters. The molecular weight excluding hydrogens is 308 g/mol. The number of aliphatic carboxylic acids is 1. The molecule has 0 radical (unpaired) electrons. The molecule has 6 nitrogen and oxygen atoms in total. The largest absolute Gasteiger partial charge is 0.480 e. The maximum atomic E-state index is 13.4. The lowest BCUT2D eigenvalue weighted by molar-refractivity contribution is -0.140. The van der Waals surface area contributed by atoms with Crippen LogP contribution in [0, 0.1) is 11.6 Å². The summed E-state index contributed by atoms with van der Waals surface area (Å²) >= 11 is 0. The van der Waals surface area contributed by atoms with Crippen LogP contribution in [-0.2, 0) is 25.2 Å². The zero-order chi connectivity index (χ0) is 16.2. The van der Waals surface area contributed by atoms with Gasteiger partial charge in [-0.1, -0.05) is 0 Å². The van der Waals surface area contributed by atoms with Crippen molar-refractivity contribution in [3.63, 3.8) is 0 Å². The number of hydrogen-bond acceptors (Lipinski definition) is 4. The summed E-state index contributed by atoms with van der Waals surface area (Å²) < 4.78 is 50.1. The summed E-state index contributed by atoms with van der Waals surface area (Å²) in [7, 11) is -4.07. The molecule has 0 aliphatic heterocycles. The van der Waals surface area contributed by atoms with Crippen molar-refractivity contribution in [3.05, 3.63) is 35.4 Å². The minimum Gasteiger partial charge on any atom is -0.480 e. The third-order valence-corrected chi connectivity index (χ3v) is 4.07. The van der Waals surface area contributed by atoms with Gasteiger partial charge in [0.15, 0.2) is 9.84 Å². The van der Waals surface area contributed by atoms with Crippen LogP contribution in [0.4, 0.5) is 8.78 Å². The van der Waals surface area contributed by atoms with Crippen molar-refractivity contribution in [2.24, 2.45) is 0 Å². The molecule has 0 heterocycles. The van der Waals surface area contributed by atoms with Crippen molar-refractivity contribution in [2.45, 2.75) is 18.7 Å². The number of amides is 1. The van der Waals surface area contributed by atoms with Crippen molar-refractivity contribution in [1.29, 1.82) is 0 Å². The fraction of sp³-hybridized carbons (Fsp3) is 0.333. The van der Waals surface area contributed by atoms with Gasteiger partial charge < -0.3 is 10.4 Å². The van der Waals surface area contributed by atoms with Gasteiger partial charge in [0.2, 0.25) is 5.91 Å². The Morgan fingerprint density at radius 2 is 1.95 bits per heavy atom. The normalized spacial score (nSPS) is 12.7. The average Bonchev–Trinajstić information content (AvgIpc) is 2.31. The van der Waals surface area contributed by atoms with Gasteiger partial charge in [0, 0.05) is 12.5 Å². The number of carbonyl (C=O) groups excluding carboxylic acids is 1. The van der Waals surface area contributed by atoms with Crippen molar-refractivity contribution in [2.75, 3.05) is 5.75 Å². The van der Waals surface area contributed by atoms with E-state index in [-0.39, 0.29) is 0 Å². The Morgan fingerprint density at radius 1 is 1.33 bits per heavy atom. The molecule has 0 saturated heterocycles. The summed E-state index contributed by atoms with van der Waals surface area (Å²) in [5, 5.41) is 10.8. The Kier molecular flexibility index (Phi) is 5.36. The molecule has 1 atom stereocenters. The van der Waals surface area contributed by atoms with Crippen LogP contribution in [0.15, 0.2) is 18.2 Å². The first-order valence-electron chi connectivity index (χ1n) is 5.75. The van der Waals surface area contributed by atoms with Gasteiger partial charge in [-0.3, -0.25) is 4.79 Å². The number of nitrogens with one attached hydrogen (secondary N) is 1. The highest BCUT2D eigenvalue weighted by molar-refractivity contribution is 7.90. The first-order chi connectivity index (χ1) is 9.60. The molecule has 0 aliphatic rings. The number of carboxylic acids is 1. The zero-order valence-corrected chi connectivity index (χ0v) is 11.8. The third kappa shape index (κ3) is 5.46. The van der Waals surface area contributed by atoms with Crippen LogP contribution < -0.4 is 5.32 Å². The van der Waals surface area contributed by atoms with Crippen LogP contribution in [0.25, 0.3) is 0 Å². The molecule has 1 aromatic carbocycles. The topological polar surface area (TPSA) is 101 Å². The predicted octanol–water partition coefficient (Wildman–Crippen LogP) is 0.469. The number of hydrogen-bond donors (Lipinski definition) is 2. The number of sulfone groups is 1. The Balaban J connectivity index is 2.92. The minimum absolute atomic E-state index is 0.401. The molecule has 1 amide bonds. The minimum atomic E-state index is -4.07. The molecule has 0 aromatic heterocycles. The fourth-order valence-corrected chi connectivity index (χ4v) is 3.17. The van der Waals surface area contributed by atoms with Crippen LogP contribution in [0.3, 0.4) is 0 Å². The maximum absolute atomic E-state index is 13.4. The summed E-state index contributed by atoms with van der Waals surface area (Å²) in [6, 6.07) is 0.691. The molecule has 0 aliphatic carbocycles. The van der Waals surface area contributed by atoms with E-state index in [1.54, 1.807) is 0 Å². The van der Waals surface area contributed by atoms with E-state index >= 15 is 0 Å². The first kappa shape index (κ1) is 17.0. The number of carbonyl (C=O) groups is 2. The predicted molar refractivity (Wildman–Crippen MR) is 69.1 cm³/mol. The highest BCUT2D eigenvalue weighted by Crippen LogP contribution is 2.14. The van der Waals surface area contributed by atoms with Gasteiger partial charge in [0.25, 0.3) is 0 Å². The summed E-state index contributed by atoms with van der Waals surface area (Å²) in [6.07, 6.45) is 0. The highest BCUT2D eigenvalue weighted by Gasteiger charge is 2.27. The molecule has 0 spiro atoms. The van der Waals surface area contributed by atoms with Crippen LogP contribution >= 0.6 is 0 Å². The molecule has 1 rings (SSSR count). The van der Waals surface area contributed by atoms with Gasteiger partial charge >= 0.3 is 5.97 Å². The van der Waals surface area contributed by atoms with E-state index in [1.165, 1.54) is 0 Å². The molecule has 116 valence electrons.